The van der Waals surface area contributed by atoms with Gasteiger partial charge in [-0.05, 0) is 23.8 Å². The molecule has 19 heavy (non-hydrogen) atoms. The van der Waals surface area contributed by atoms with Crippen LogP contribution in [0.5, 0.6) is 5.75 Å². The first-order valence-corrected chi connectivity index (χ1v) is 6.40. The zero-order chi connectivity index (χ0) is 12.5. The van der Waals surface area contributed by atoms with Crippen molar-refractivity contribution in [1.29, 1.82) is 0 Å². The fourth-order valence-electron chi connectivity index (χ4n) is 2.45. The molecule has 0 aliphatic carbocycles. The van der Waals surface area contributed by atoms with Crippen molar-refractivity contribution in [3.63, 3.8) is 0 Å². The van der Waals surface area contributed by atoms with E-state index in [4.69, 9.17) is 22.7 Å². The smallest absolute Gasteiger partial charge is 0.177 e. The van der Waals surface area contributed by atoms with Crippen LogP contribution in [0.4, 0.5) is 0 Å². The summed E-state index contributed by atoms with van der Waals surface area (Å²) in [7, 11) is 0. The van der Waals surface area contributed by atoms with Gasteiger partial charge < -0.3 is 20.0 Å². The standard InChI is InChI=1S/C13H15N3OS.ClH/c14-6-11-7-15-13(18)16(11)10-5-9-3-1-2-4-12(9)17-8-10;/h1-4,7,10H,5-6,8,14H2,(H,15,18);1H/t10-;/m0./s1. The first-order chi connectivity index (χ1) is 8.79. The van der Waals surface area contributed by atoms with Crippen LogP contribution in [-0.2, 0) is 13.0 Å². The third-order valence-corrected chi connectivity index (χ3v) is 3.64. The molecule has 0 amide bonds. The molecule has 1 aliphatic rings. The van der Waals surface area contributed by atoms with Crippen LogP contribution in [0.1, 0.15) is 17.3 Å². The molecule has 0 saturated carbocycles. The van der Waals surface area contributed by atoms with Crippen molar-refractivity contribution >= 4 is 24.6 Å². The summed E-state index contributed by atoms with van der Waals surface area (Å²) in [5, 5.41) is 0. The summed E-state index contributed by atoms with van der Waals surface area (Å²) in [5.74, 6) is 0.977. The van der Waals surface area contributed by atoms with Gasteiger partial charge in [-0.2, -0.15) is 0 Å². The van der Waals surface area contributed by atoms with Crippen LogP contribution >= 0.6 is 24.6 Å². The Bertz CT molecular complexity index is 622. The number of aromatic amines is 1. The fourth-order valence-corrected chi connectivity index (χ4v) is 2.78. The van der Waals surface area contributed by atoms with Gasteiger partial charge in [0.15, 0.2) is 4.77 Å². The summed E-state index contributed by atoms with van der Waals surface area (Å²) in [6.07, 6.45) is 2.80. The van der Waals surface area contributed by atoms with E-state index in [-0.39, 0.29) is 18.4 Å². The van der Waals surface area contributed by atoms with E-state index in [9.17, 15) is 0 Å². The van der Waals surface area contributed by atoms with E-state index in [1.54, 1.807) is 0 Å². The topological polar surface area (TPSA) is 56.0 Å². The third-order valence-electron chi connectivity index (χ3n) is 3.32. The number of imidazole rings is 1. The largest absolute Gasteiger partial charge is 0.491 e. The molecule has 0 bridgehead atoms. The summed E-state index contributed by atoms with van der Waals surface area (Å²) in [5.41, 5.74) is 7.98. The molecule has 0 spiro atoms. The van der Waals surface area contributed by atoms with Gasteiger partial charge in [0, 0.05) is 19.2 Å². The lowest BCUT2D eigenvalue weighted by Gasteiger charge is -2.27. The molecule has 0 saturated heterocycles. The number of nitrogens with two attached hydrogens (primary N) is 1. The first-order valence-electron chi connectivity index (χ1n) is 5.99. The number of rotatable bonds is 2. The minimum absolute atomic E-state index is 0. The van der Waals surface area contributed by atoms with Gasteiger partial charge in [-0.25, -0.2) is 0 Å². The Morgan fingerprint density at radius 3 is 3.00 bits per heavy atom. The number of ether oxygens (including phenoxy) is 1. The molecular weight excluding hydrogens is 282 g/mol. The molecule has 3 rings (SSSR count). The van der Waals surface area contributed by atoms with E-state index >= 15 is 0 Å². The van der Waals surface area contributed by atoms with Crippen LogP contribution in [-0.4, -0.2) is 16.2 Å². The number of nitrogens with zero attached hydrogens (tertiary/aromatic N) is 1. The molecule has 1 aliphatic heterocycles. The molecule has 2 heterocycles. The molecule has 0 unspecified atom stereocenters. The Labute approximate surface area is 123 Å². The van der Waals surface area contributed by atoms with Crippen LogP contribution in [0.3, 0.4) is 0 Å². The Morgan fingerprint density at radius 1 is 1.42 bits per heavy atom. The summed E-state index contributed by atoms with van der Waals surface area (Å²) in [6.45, 7) is 1.11. The Morgan fingerprint density at radius 2 is 2.21 bits per heavy atom. The van der Waals surface area contributed by atoms with Crippen molar-refractivity contribution < 1.29 is 4.74 Å². The highest BCUT2D eigenvalue weighted by Crippen LogP contribution is 2.30. The van der Waals surface area contributed by atoms with E-state index < -0.39 is 0 Å². The van der Waals surface area contributed by atoms with Gasteiger partial charge in [-0.1, -0.05) is 18.2 Å². The predicted octanol–water partition coefficient (Wildman–Crippen LogP) is 2.60. The van der Waals surface area contributed by atoms with Crippen molar-refractivity contribution in [3.05, 3.63) is 46.5 Å². The summed E-state index contributed by atoms with van der Waals surface area (Å²) >= 11 is 5.31. The number of halogens is 1. The van der Waals surface area contributed by atoms with Crippen molar-refractivity contribution in [2.75, 3.05) is 6.61 Å². The molecule has 3 N–H and O–H groups in total. The van der Waals surface area contributed by atoms with Gasteiger partial charge in [0.25, 0.3) is 0 Å². The van der Waals surface area contributed by atoms with Crippen LogP contribution in [0.15, 0.2) is 30.5 Å². The Balaban J connectivity index is 0.00000133. The molecule has 6 heteroatoms. The second-order valence-corrected chi connectivity index (χ2v) is 4.82. The maximum absolute atomic E-state index is 5.79. The van der Waals surface area contributed by atoms with Gasteiger partial charge >= 0.3 is 0 Å². The van der Waals surface area contributed by atoms with Gasteiger partial charge in [-0.3, -0.25) is 0 Å². The molecule has 102 valence electrons. The van der Waals surface area contributed by atoms with Crippen LogP contribution in [0.25, 0.3) is 0 Å². The summed E-state index contributed by atoms with van der Waals surface area (Å²) in [6, 6.07) is 8.35. The third kappa shape index (κ3) is 2.54. The highest BCUT2D eigenvalue weighted by atomic mass is 35.5. The number of para-hydroxylation sites is 1. The van der Waals surface area contributed by atoms with Crippen molar-refractivity contribution in [3.8, 4) is 5.75 Å². The summed E-state index contributed by atoms with van der Waals surface area (Å²) < 4.78 is 8.58. The lowest BCUT2D eigenvalue weighted by atomic mass is 10.0. The minimum atomic E-state index is 0. The van der Waals surface area contributed by atoms with E-state index in [0.29, 0.717) is 17.9 Å². The second-order valence-electron chi connectivity index (χ2n) is 4.44. The van der Waals surface area contributed by atoms with Crippen LogP contribution in [0, 0.1) is 4.77 Å². The average Bonchev–Trinajstić information content (AvgIpc) is 2.79. The van der Waals surface area contributed by atoms with Crippen molar-refractivity contribution in [2.24, 2.45) is 5.73 Å². The maximum Gasteiger partial charge on any atom is 0.177 e. The van der Waals surface area contributed by atoms with Gasteiger partial charge in [0.05, 0.1) is 11.7 Å². The summed E-state index contributed by atoms with van der Waals surface area (Å²) in [4.78, 5) is 3.05. The Kier molecular flexibility index (Phi) is 4.29. The molecule has 0 fully saturated rings. The van der Waals surface area contributed by atoms with Gasteiger partial charge in [-0.15, -0.1) is 12.4 Å². The van der Waals surface area contributed by atoms with E-state index in [0.717, 1.165) is 17.9 Å². The molecule has 1 aromatic carbocycles. The lowest BCUT2D eigenvalue weighted by molar-refractivity contribution is 0.220. The van der Waals surface area contributed by atoms with Crippen molar-refractivity contribution in [2.45, 2.75) is 19.0 Å². The van der Waals surface area contributed by atoms with Gasteiger partial charge in [0.2, 0.25) is 0 Å². The number of fused-ring (bicyclic) bond motifs is 1. The van der Waals surface area contributed by atoms with E-state index in [1.165, 1.54) is 5.56 Å². The monoisotopic (exact) mass is 297 g/mol. The minimum Gasteiger partial charge on any atom is -0.491 e. The maximum atomic E-state index is 5.79. The fraction of sp³-hybridized carbons (Fsp3) is 0.308. The number of nitrogens with one attached hydrogen (secondary N) is 1. The molecule has 1 aromatic heterocycles. The number of aromatic nitrogens is 2. The lowest BCUT2D eigenvalue weighted by Crippen LogP contribution is -2.26. The zero-order valence-electron chi connectivity index (χ0n) is 10.3. The van der Waals surface area contributed by atoms with E-state index in [2.05, 4.69) is 15.6 Å². The van der Waals surface area contributed by atoms with Crippen LogP contribution in [0.2, 0.25) is 0 Å². The normalized spacial score (nSPS) is 17.2. The highest BCUT2D eigenvalue weighted by Gasteiger charge is 2.22. The number of H-pyrrole nitrogens is 1. The molecule has 0 radical (unpaired) electrons. The van der Waals surface area contributed by atoms with E-state index in [1.807, 2.05) is 24.4 Å². The highest BCUT2D eigenvalue weighted by molar-refractivity contribution is 7.71. The SMILES string of the molecule is Cl.NCc1c[nH]c(=S)n1[C@@H]1COc2ccccc2C1. The average molecular weight is 298 g/mol. The second kappa shape index (κ2) is 5.77. The zero-order valence-corrected chi connectivity index (χ0v) is 12.0. The molecule has 4 nitrogen and oxygen atoms in total. The van der Waals surface area contributed by atoms with Gasteiger partial charge in [0.1, 0.15) is 12.4 Å². The number of benzene rings is 1. The Hall–Kier alpha value is -1.30. The quantitative estimate of drug-likeness (QED) is 0.838. The predicted molar refractivity (Wildman–Crippen MR) is 79.4 cm³/mol. The van der Waals surface area contributed by atoms with Crippen molar-refractivity contribution in [1.82, 2.24) is 9.55 Å². The molecular formula is C13H16ClN3OS. The first kappa shape index (κ1) is 14.1. The number of hydrogen-bond acceptors (Lipinski definition) is 3. The number of hydrogen-bond donors (Lipinski definition) is 2. The van der Waals surface area contributed by atoms with Crippen LogP contribution < -0.4 is 10.5 Å². The molecule has 2 aromatic rings. The molecule has 1 atom stereocenters.